The number of rotatable bonds is 4. The number of aliphatic hydroxyl groups is 2. The normalized spacial score (nSPS) is 21.0. The van der Waals surface area contributed by atoms with Gasteiger partial charge >= 0.3 is 0 Å². The largest absolute Gasteiger partial charge is 0.390 e. The third-order valence-electron chi connectivity index (χ3n) is 4.70. The maximum atomic E-state index is 9.46. The molecule has 1 aliphatic heterocycles. The van der Waals surface area contributed by atoms with Crippen molar-refractivity contribution in [2.75, 3.05) is 22.9 Å². The van der Waals surface area contributed by atoms with Crippen molar-refractivity contribution in [3.8, 4) is 0 Å². The van der Waals surface area contributed by atoms with Crippen LogP contribution in [0.3, 0.4) is 0 Å². The van der Waals surface area contributed by atoms with E-state index >= 15 is 0 Å². The van der Waals surface area contributed by atoms with E-state index in [2.05, 4.69) is 43.6 Å². The van der Waals surface area contributed by atoms with Crippen LogP contribution in [0.1, 0.15) is 37.5 Å². The summed E-state index contributed by atoms with van der Waals surface area (Å²) in [5, 5.41) is 18.7. The third-order valence-corrected chi connectivity index (χ3v) is 4.70. The van der Waals surface area contributed by atoms with E-state index in [9.17, 15) is 10.2 Å². The first-order valence-electron chi connectivity index (χ1n) is 8.93. The Morgan fingerprint density at radius 3 is 2.65 bits per heavy atom. The SMILES string of the molecule is Cc1cc(CO)nc(N2C(C)CCN(c3ccnc(CO)n3)CC2C)n1. The van der Waals surface area contributed by atoms with Gasteiger partial charge in [-0.15, -0.1) is 0 Å². The van der Waals surface area contributed by atoms with E-state index in [-0.39, 0.29) is 25.3 Å². The van der Waals surface area contributed by atoms with E-state index < -0.39 is 0 Å². The van der Waals surface area contributed by atoms with Crippen LogP contribution in [-0.2, 0) is 13.2 Å². The lowest BCUT2D eigenvalue weighted by Gasteiger charge is -2.33. The Hall–Kier alpha value is -2.32. The number of aryl methyl sites for hydroxylation is 1. The van der Waals surface area contributed by atoms with Crippen molar-refractivity contribution in [3.63, 3.8) is 0 Å². The van der Waals surface area contributed by atoms with Gasteiger partial charge in [-0.1, -0.05) is 0 Å². The van der Waals surface area contributed by atoms with E-state index in [1.807, 2.05) is 13.0 Å². The second kappa shape index (κ2) is 7.92. The third kappa shape index (κ3) is 3.91. The lowest BCUT2D eigenvalue weighted by Crippen LogP contribution is -2.44. The minimum atomic E-state index is -0.166. The molecule has 2 atom stereocenters. The molecular weight excluding hydrogens is 332 g/mol. The molecule has 0 saturated carbocycles. The van der Waals surface area contributed by atoms with Crippen molar-refractivity contribution >= 4 is 11.8 Å². The minimum absolute atomic E-state index is 0.0933. The summed E-state index contributed by atoms with van der Waals surface area (Å²) in [6, 6.07) is 4.09. The van der Waals surface area contributed by atoms with Gasteiger partial charge in [0.25, 0.3) is 0 Å². The standard InChI is InChI=1S/C18H26N6O2/c1-12-8-15(10-25)21-18(20-12)24-13(2)5-7-23(9-14(24)3)17-4-6-19-16(11-26)22-17/h4,6,8,13-14,25-26H,5,7,9-11H2,1-3H3. The van der Waals surface area contributed by atoms with E-state index in [1.54, 1.807) is 12.3 Å². The van der Waals surface area contributed by atoms with Crippen LogP contribution in [-0.4, -0.2) is 55.3 Å². The molecule has 2 unspecified atom stereocenters. The molecule has 0 radical (unpaired) electrons. The number of nitrogens with zero attached hydrogens (tertiary/aromatic N) is 6. The van der Waals surface area contributed by atoms with Crippen LogP contribution in [0.15, 0.2) is 18.3 Å². The van der Waals surface area contributed by atoms with Crippen LogP contribution in [0.2, 0.25) is 0 Å². The molecule has 0 amide bonds. The van der Waals surface area contributed by atoms with Crippen molar-refractivity contribution in [1.29, 1.82) is 0 Å². The zero-order chi connectivity index (χ0) is 18.7. The fourth-order valence-electron chi connectivity index (χ4n) is 3.47. The Morgan fingerprint density at radius 1 is 1.12 bits per heavy atom. The molecule has 0 bridgehead atoms. The molecule has 1 saturated heterocycles. The van der Waals surface area contributed by atoms with Gasteiger partial charge in [0.2, 0.25) is 5.95 Å². The number of aromatic nitrogens is 4. The number of anilines is 2. The van der Waals surface area contributed by atoms with E-state index in [0.29, 0.717) is 17.5 Å². The summed E-state index contributed by atoms with van der Waals surface area (Å²) in [6.07, 6.45) is 2.61. The molecule has 26 heavy (non-hydrogen) atoms. The topological polar surface area (TPSA) is 98.5 Å². The predicted molar refractivity (Wildman–Crippen MR) is 98.9 cm³/mol. The van der Waals surface area contributed by atoms with Gasteiger partial charge in [0.05, 0.1) is 12.3 Å². The molecule has 0 spiro atoms. The van der Waals surface area contributed by atoms with Crippen LogP contribution in [0, 0.1) is 6.92 Å². The van der Waals surface area contributed by atoms with E-state index in [0.717, 1.165) is 31.0 Å². The highest BCUT2D eigenvalue weighted by Gasteiger charge is 2.29. The van der Waals surface area contributed by atoms with E-state index in [1.165, 1.54) is 0 Å². The van der Waals surface area contributed by atoms with Crippen molar-refractivity contribution in [3.05, 3.63) is 35.5 Å². The Labute approximate surface area is 153 Å². The molecule has 0 aliphatic carbocycles. The van der Waals surface area contributed by atoms with Gasteiger partial charge in [0.15, 0.2) is 5.82 Å². The molecule has 3 heterocycles. The zero-order valence-electron chi connectivity index (χ0n) is 15.5. The smallest absolute Gasteiger partial charge is 0.226 e. The summed E-state index contributed by atoms with van der Waals surface area (Å²) in [6.45, 7) is 7.59. The second-order valence-electron chi connectivity index (χ2n) is 6.79. The molecule has 1 aliphatic rings. The minimum Gasteiger partial charge on any atom is -0.390 e. The molecule has 3 rings (SSSR count). The Balaban J connectivity index is 1.87. The molecule has 0 aromatic carbocycles. The molecule has 8 heteroatoms. The molecule has 8 nitrogen and oxygen atoms in total. The quantitative estimate of drug-likeness (QED) is 0.837. The van der Waals surface area contributed by atoms with Gasteiger partial charge < -0.3 is 20.0 Å². The fourth-order valence-corrected chi connectivity index (χ4v) is 3.47. The fraction of sp³-hybridized carbons (Fsp3) is 0.556. The van der Waals surface area contributed by atoms with Crippen molar-refractivity contribution < 1.29 is 10.2 Å². The van der Waals surface area contributed by atoms with Crippen molar-refractivity contribution in [1.82, 2.24) is 19.9 Å². The molecule has 2 N–H and O–H groups in total. The van der Waals surface area contributed by atoms with Crippen LogP contribution in [0.4, 0.5) is 11.8 Å². The summed E-state index contributed by atoms with van der Waals surface area (Å²) in [5.41, 5.74) is 1.49. The molecular formula is C18H26N6O2. The Bertz CT molecular complexity index is 756. The first kappa shape index (κ1) is 18.5. The predicted octanol–water partition coefficient (Wildman–Crippen LogP) is 1.05. The first-order valence-corrected chi connectivity index (χ1v) is 8.93. The zero-order valence-corrected chi connectivity index (χ0v) is 15.5. The Kier molecular flexibility index (Phi) is 5.63. The highest BCUT2D eigenvalue weighted by Crippen LogP contribution is 2.24. The number of aliphatic hydroxyl groups excluding tert-OH is 2. The maximum Gasteiger partial charge on any atom is 0.226 e. The van der Waals surface area contributed by atoms with Crippen LogP contribution < -0.4 is 9.80 Å². The van der Waals surface area contributed by atoms with Gasteiger partial charge in [-0.3, -0.25) is 0 Å². The highest BCUT2D eigenvalue weighted by molar-refractivity contribution is 5.42. The van der Waals surface area contributed by atoms with Crippen molar-refractivity contribution in [2.45, 2.75) is 52.5 Å². The average molecular weight is 358 g/mol. The molecule has 2 aromatic rings. The van der Waals surface area contributed by atoms with Crippen LogP contribution in [0.5, 0.6) is 0 Å². The molecule has 1 fully saturated rings. The summed E-state index contributed by atoms with van der Waals surface area (Å²) >= 11 is 0. The summed E-state index contributed by atoms with van der Waals surface area (Å²) < 4.78 is 0. The van der Waals surface area contributed by atoms with Gasteiger partial charge in [0.1, 0.15) is 12.4 Å². The number of hydrogen-bond acceptors (Lipinski definition) is 8. The summed E-state index contributed by atoms with van der Waals surface area (Å²) in [4.78, 5) is 22.1. The van der Waals surface area contributed by atoms with Gasteiger partial charge in [-0.2, -0.15) is 0 Å². The van der Waals surface area contributed by atoms with Crippen LogP contribution >= 0.6 is 0 Å². The number of hydrogen-bond donors (Lipinski definition) is 2. The van der Waals surface area contributed by atoms with Gasteiger partial charge in [0, 0.05) is 37.1 Å². The van der Waals surface area contributed by atoms with Gasteiger partial charge in [-0.25, -0.2) is 19.9 Å². The molecule has 140 valence electrons. The first-order chi connectivity index (χ1) is 12.5. The molecule has 2 aromatic heterocycles. The lowest BCUT2D eigenvalue weighted by molar-refractivity contribution is 0.271. The maximum absolute atomic E-state index is 9.46. The highest BCUT2D eigenvalue weighted by atomic mass is 16.3. The average Bonchev–Trinajstić information content (AvgIpc) is 2.79. The van der Waals surface area contributed by atoms with Crippen LogP contribution in [0.25, 0.3) is 0 Å². The lowest BCUT2D eigenvalue weighted by atomic mass is 10.2. The second-order valence-corrected chi connectivity index (χ2v) is 6.79. The monoisotopic (exact) mass is 358 g/mol. The Morgan fingerprint density at radius 2 is 1.92 bits per heavy atom. The van der Waals surface area contributed by atoms with Crippen molar-refractivity contribution in [2.24, 2.45) is 0 Å². The van der Waals surface area contributed by atoms with E-state index in [4.69, 9.17) is 0 Å². The summed E-state index contributed by atoms with van der Waals surface area (Å²) in [5.74, 6) is 1.92. The van der Waals surface area contributed by atoms with Gasteiger partial charge in [-0.05, 0) is 39.3 Å². The summed E-state index contributed by atoms with van der Waals surface area (Å²) in [7, 11) is 0.